The Balaban J connectivity index is 2.26. The van der Waals surface area contributed by atoms with Gasteiger partial charge in [-0.05, 0) is 27.7 Å². The molecule has 1 fully saturated rings. The lowest BCUT2D eigenvalue weighted by molar-refractivity contribution is -0.138. The highest BCUT2D eigenvalue weighted by atomic mass is 32.2. The van der Waals surface area contributed by atoms with Crippen molar-refractivity contribution in [1.29, 1.82) is 0 Å². The predicted molar refractivity (Wildman–Crippen MR) is 86.4 cm³/mol. The van der Waals surface area contributed by atoms with E-state index < -0.39 is 5.97 Å². The molecule has 1 aromatic heterocycles. The number of aliphatic carboxylic acids is 1. The molecule has 1 saturated heterocycles. The van der Waals surface area contributed by atoms with Crippen LogP contribution in [0.3, 0.4) is 0 Å². The van der Waals surface area contributed by atoms with Crippen molar-refractivity contribution in [3.8, 4) is 0 Å². The van der Waals surface area contributed by atoms with E-state index in [1.54, 1.807) is 22.9 Å². The van der Waals surface area contributed by atoms with E-state index in [1.165, 1.54) is 0 Å². The quantitative estimate of drug-likeness (QED) is 0.919. The van der Waals surface area contributed by atoms with E-state index >= 15 is 0 Å². The summed E-state index contributed by atoms with van der Waals surface area (Å²) in [5.41, 5.74) is 1.20. The summed E-state index contributed by atoms with van der Waals surface area (Å²) in [5.74, 6) is 0.533. The topological polar surface area (TPSA) is 75.4 Å². The highest BCUT2D eigenvalue weighted by Crippen LogP contribution is 2.24. The van der Waals surface area contributed by atoms with Gasteiger partial charge in [0.1, 0.15) is 0 Å². The van der Waals surface area contributed by atoms with Crippen molar-refractivity contribution >= 4 is 23.6 Å². The van der Waals surface area contributed by atoms with Crippen molar-refractivity contribution in [3.05, 3.63) is 17.5 Å². The first-order valence-electron chi connectivity index (χ1n) is 7.37. The summed E-state index contributed by atoms with van der Waals surface area (Å²) in [5, 5.41) is 13.4. The molecule has 1 N–H and O–H groups in total. The van der Waals surface area contributed by atoms with Crippen LogP contribution in [0.1, 0.15) is 43.2 Å². The highest BCUT2D eigenvalue weighted by Gasteiger charge is 2.32. The molecule has 1 aliphatic rings. The Morgan fingerprint density at radius 3 is 2.68 bits per heavy atom. The number of aromatic nitrogens is 2. The van der Waals surface area contributed by atoms with Crippen LogP contribution >= 0.6 is 11.8 Å². The van der Waals surface area contributed by atoms with Crippen molar-refractivity contribution < 1.29 is 14.7 Å². The summed E-state index contributed by atoms with van der Waals surface area (Å²) in [6.07, 6.45) is 1.59. The standard InChI is InChI=1S/C15H23N3O3S/c1-10-12(8-16-18(10)15(2,3)4)14(21)17-5-6-22-9-11(17)7-13(19)20/h8,11H,5-7,9H2,1-4H3,(H,19,20). The molecule has 1 atom stereocenters. The summed E-state index contributed by atoms with van der Waals surface area (Å²) in [6.45, 7) is 8.57. The highest BCUT2D eigenvalue weighted by molar-refractivity contribution is 7.99. The molecule has 1 unspecified atom stereocenters. The van der Waals surface area contributed by atoms with Gasteiger partial charge in [-0.15, -0.1) is 0 Å². The molecule has 122 valence electrons. The molecule has 1 aromatic rings. The fourth-order valence-corrected chi connectivity index (χ4v) is 3.81. The first-order valence-corrected chi connectivity index (χ1v) is 8.53. The number of carbonyl (C=O) groups is 2. The van der Waals surface area contributed by atoms with Crippen LogP contribution in [-0.2, 0) is 10.3 Å². The molecule has 0 aliphatic carbocycles. The van der Waals surface area contributed by atoms with Crippen LogP contribution in [0.15, 0.2) is 6.20 Å². The van der Waals surface area contributed by atoms with Gasteiger partial charge in [-0.25, -0.2) is 0 Å². The maximum atomic E-state index is 12.8. The third-order valence-corrected chi connectivity index (χ3v) is 4.87. The number of nitrogens with zero attached hydrogens (tertiary/aromatic N) is 3. The molecule has 2 heterocycles. The van der Waals surface area contributed by atoms with Gasteiger partial charge in [0.25, 0.3) is 5.91 Å². The van der Waals surface area contributed by atoms with Crippen molar-refractivity contribution in [2.75, 3.05) is 18.1 Å². The minimum Gasteiger partial charge on any atom is -0.481 e. The van der Waals surface area contributed by atoms with Crippen LogP contribution in [0, 0.1) is 6.92 Å². The number of amides is 1. The molecule has 0 radical (unpaired) electrons. The number of carboxylic acid groups (broad SMARTS) is 1. The maximum Gasteiger partial charge on any atom is 0.305 e. The normalized spacial score (nSPS) is 19.3. The second-order valence-electron chi connectivity index (χ2n) is 6.55. The molecule has 0 bridgehead atoms. The largest absolute Gasteiger partial charge is 0.481 e. The van der Waals surface area contributed by atoms with E-state index in [2.05, 4.69) is 5.10 Å². The second kappa shape index (κ2) is 6.32. The summed E-state index contributed by atoms with van der Waals surface area (Å²) in [4.78, 5) is 25.5. The Bertz CT molecular complexity index is 577. The van der Waals surface area contributed by atoms with E-state index in [4.69, 9.17) is 5.11 Å². The van der Waals surface area contributed by atoms with Gasteiger partial charge < -0.3 is 10.0 Å². The van der Waals surface area contributed by atoms with Crippen LogP contribution in [0.4, 0.5) is 0 Å². The van der Waals surface area contributed by atoms with Gasteiger partial charge in [0.2, 0.25) is 0 Å². The van der Waals surface area contributed by atoms with Crippen molar-refractivity contribution in [1.82, 2.24) is 14.7 Å². The third-order valence-electron chi connectivity index (χ3n) is 3.77. The molecule has 0 spiro atoms. The molecule has 2 rings (SSSR count). The smallest absolute Gasteiger partial charge is 0.305 e. The second-order valence-corrected chi connectivity index (χ2v) is 7.70. The zero-order valence-electron chi connectivity index (χ0n) is 13.5. The Labute approximate surface area is 134 Å². The number of carbonyl (C=O) groups excluding carboxylic acids is 1. The first-order chi connectivity index (χ1) is 10.2. The minimum atomic E-state index is -0.868. The molecule has 7 heteroatoms. The van der Waals surface area contributed by atoms with E-state index in [-0.39, 0.29) is 23.9 Å². The van der Waals surface area contributed by atoms with E-state index in [9.17, 15) is 9.59 Å². The lowest BCUT2D eigenvalue weighted by Gasteiger charge is -2.34. The fraction of sp³-hybridized carbons (Fsp3) is 0.667. The van der Waals surface area contributed by atoms with Crippen molar-refractivity contribution in [2.24, 2.45) is 0 Å². The molecule has 6 nitrogen and oxygen atoms in total. The number of thioether (sulfide) groups is 1. The zero-order valence-corrected chi connectivity index (χ0v) is 14.3. The average molecular weight is 325 g/mol. The first kappa shape index (κ1) is 16.9. The number of rotatable bonds is 3. The van der Waals surface area contributed by atoms with Gasteiger partial charge in [-0.2, -0.15) is 16.9 Å². The molecular weight excluding hydrogens is 302 g/mol. The fourth-order valence-electron chi connectivity index (χ4n) is 2.74. The minimum absolute atomic E-state index is 0.00873. The van der Waals surface area contributed by atoms with Crippen LogP contribution in [0.2, 0.25) is 0 Å². The summed E-state index contributed by atoms with van der Waals surface area (Å²) >= 11 is 1.70. The molecule has 22 heavy (non-hydrogen) atoms. The molecule has 0 aromatic carbocycles. The number of hydrogen-bond acceptors (Lipinski definition) is 4. The Morgan fingerprint density at radius 1 is 1.45 bits per heavy atom. The third kappa shape index (κ3) is 3.45. The van der Waals surface area contributed by atoms with E-state index in [0.717, 1.165) is 11.4 Å². The summed E-state index contributed by atoms with van der Waals surface area (Å²) in [6, 6.07) is -0.249. The summed E-state index contributed by atoms with van der Waals surface area (Å²) in [7, 11) is 0. The van der Waals surface area contributed by atoms with Gasteiger partial charge in [0, 0.05) is 23.7 Å². The zero-order chi connectivity index (χ0) is 16.5. The van der Waals surface area contributed by atoms with Crippen LogP contribution in [-0.4, -0.2) is 55.8 Å². The van der Waals surface area contributed by atoms with Crippen LogP contribution in [0.5, 0.6) is 0 Å². The monoisotopic (exact) mass is 325 g/mol. The van der Waals surface area contributed by atoms with Crippen LogP contribution in [0.25, 0.3) is 0 Å². The Hall–Kier alpha value is -1.50. The maximum absolute atomic E-state index is 12.8. The van der Waals surface area contributed by atoms with Gasteiger partial charge in [-0.3, -0.25) is 14.3 Å². The van der Waals surface area contributed by atoms with Crippen molar-refractivity contribution in [2.45, 2.75) is 45.7 Å². The van der Waals surface area contributed by atoms with Crippen LogP contribution < -0.4 is 0 Å². The Kier molecular flexibility index (Phi) is 4.84. The van der Waals surface area contributed by atoms with E-state index in [1.807, 2.05) is 32.4 Å². The molecule has 1 aliphatic heterocycles. The van der Waals surface area contributed by atoms with Gasteiger partial charge >= 0.3 is 5.97 Å². The lowest BCUT2D eigenvalue weighted by atomic mass is 10.1. The summed E-state index contributed by atoms with van der Waals surface area (Å²) < 4.78 is 1.84. The molecular formula is C15H23N3O3S. The molecule has 1 amide bonds. The SMILES string of the molecule is Cc1c(C(=O)N2CCSCC2CC(=O)O)cnn1C(C)(C)C. The number of carboxylic acids is 1. The van der Waals surface area contributed by atoms with Crippen molar-refractivity contribution in [3.63, 3.8) is 0 Å². The average Bonchev–Trinajstić information content (AvgIpc) is 2.79. The molecule has 0 saturated carbocycles. The van der Waals surface area contributed by atoms with E-state index in [0.29, 0.717) is 17.9 Å². The lowest BCUT2D eigenvalue weighted by Crippen LogP contribution is -2.47. The van der Waals surface area contributed by atoms with Gasteiger partial charge in [0.05, 0.1) is 29.8 Å². The van der Waals surface area contributed by atoms with Gasteiger partial charge in [0.15, 0.2) is 0 Å². The Morgan fingerprint density at radius 2 is 2.14 bits per heavy atom. The number of hydrogen-bond donors (Lipinski definition) is 1. The van der Waals surface area contributed by atoms with Gasteiger partial charge in [-0.1, -0.05) is 0 Å². The predicted octanol–water partition coefficient (Wildman–Crippen LogP) is 1.98.